The smallest absolute Gasteiger partial charge is 0.185 e. The van der Waals surface area contributed by atoms with Crippen LogP contribution < -0.4 is 10.2 Å². The van der Waals surface area contributed by atoms with Crippen molar-refractivity contribution in [3.8, 4) is 0 Å². The Morgan fingerprint density at radius 3 is 2.50 bits per heavy atom. The van der Waals surface area contributed by atoms with E-state index in [0.717, 1.165) is 24.9 Å². The average Bonchev–Trinajstić information content (AvgIpc) is 2.69. The van der Waals surface area contributed by atoms with Crippen molar-refractivity contribution < 1.29 is 0 Å². The third-order valence-corrected chi connectivity index (χ3v) is 5.19. The normalized spacial score (nSPS) is 26.4. The second kappa shape index (κ2) is 5.57. The molecule has 3 atom stereocenters. The molecule has 0 spiro atoms. The first-order chi connectivity index (χ1) is 8.51. The van der Waals surface area contributed by atoms with Gasteiger partial charge in [-0.2, -0.15) is 0 Å². The van der Waals surface area contributed by atoms with E-state index in [1.54, 1.807) is 0 Å². The van der Waals surface area contributed by atoms with Gasteiger partial charge < -0.3 is 10.2 Å². The summed E-state index contributed by atoms with van der Waals surface area (Å²) in [6.07, 6.45) is 1.35. The van der Waals surface area contributed by atoms with Crippen molar-refractivity contribution in [1.29, 1.82) is 0 Å². The van der Waals surface area contributed by atoms with Gasteiger partial charge in [-0.25, -0.2) is 4.98 Å². The molecule has 0 radical (unpaired) electrons. The van der Waals surface area contributed by atoms with Gasteiger partial charge in [0.05, 0.1) is 5.69 Å². The van der Waals surface area contributed by atoms with Crippen LogP contribution in [0.1, 0.15) is 43.8 Å². The number of aromatic nitrogens is 1. The Morgan fingerprint density at radius 1 is 1.33 bits per heavy atom. The van der Waals surface area contributed by atoms with E-state index >= 15 is 0 Å². The van der Waals surface area contributed by atoms with E-state index in [9.17, 15) is 0 Å². The largest absolute Gasteiger partial charge is 0.348 e. The van der Waals surface area contributed by atoms with Crippen LogP contribution in [0.4, 0.5) is 5.13 Å². The molecule has 0 saturated carbocycles. The number of aryl methyl sites for hydroxylation is 1. The molecule has 0 bridgehead atoms. The minimum absolute atomic E-state index is 0.399. The molecule has 3 unspecified atom stereocenters. The number of hydrogen-bond donors (Lipinski definition) is 1. The highest BCUT2D eigenvalue weighted by Gasteiger charge is 2.25. The molecule has 0 aliphatic carbocycles. The van der Waals surface area contributed by atoms with Crippen molar-refractivity contribution in [2.24, 2.45) is 11.8 Å². The topological polar surface area (TPSA) is 28.2 Å². The fourth-order valence-electron chi connectivity index (χ4n) is 2.88. The standard InChI is InChI=1S/C14H25N3S/c1-9-6-10(2)8-17(7-9)14-16-12(4)13(18-14)11(3)15-5/h9-11,15H,6-8H2,1-5H3. The Bertz CT molecular complexity index is 392. The lowest BCUT2D eigenvalue weighted by atomic mass is 9.92. The Hall–Kier alpha value is -0.610. The lowest BCUT2D eigenvalue weighted by Crippen LogP contribution is -2.38. The first-order valence-corrected chi connectivity index (χ1v) is 7.72. The third kappa shape index (κ3) is 2.86. The minimum atomic E-state index is 0.399. The van der Waals surface area contributed by atoms with E-state index in [4.69, 9.17) is 4.98 Å². The molecule has 2 heterocycles. The summed E-state index contributed by atoms with van der Waals surface area (Å²) in [5.41, 5.74) is 1.18. The molecule has 18 heavy (non-hydrogen) atoms. The van der Waals surface area contributed by atoms with Crippen LogP contribution in [-0.4, -0.2) is 25.1 Å². The SMILES string of the molecule is CNC(C)c1sc(N2CC(C)CC(C)C2)nc1C. The first kappa shape index (κ1) is 13.8. The molecule has 102 valence electrons. The molecular formula is C14H25N3S. The van der Waals surface area contributed by atoms with Crippen molar-refractivity contribution in [2.45, 2.75) is 40.2 Å². The highest BCUT2D eigenvalue weighted by molar-refractivity contribution is 7.15. The van der Waals surface area contributed by atoms with Crippen LogP contribution >= 0.6 is 11.3 Å². The predicted octanol–water partition coefficient (Wildman–Crippen LogP) is 3.21. The zero-order chi connectivity index (χ0) is 13.3. The van der Waals surface area contributed by atoms with E-state index < -0.39 is 0 Å². The molecule has 3 nitrogen and oxygen atoms in total. The van der Waals surface area contributed by atoms with Gasteiger partial charge in [-0.1, -0.05) is 13.8 Å². The Morgan fingerprint density at radius 2 is 1.94 bits per heavy atom. The summed E-state index contributed by atoms with van der Waals surface area (Å²) < 4.78 is 0. The highest BCUT2D eigenvalue weighted by atomic mass is 32.1. The van der Waals surface area contributed by atoms with Gasteiger partial charge in [0.1, 0.15) is 0 Å². The lowest BCUT2D eigenvalue weighted by Gasteiger charge is -2.34. The van der Waals surface area contributed by atoms with Gasteiger partial charge in [0.25, 0.3) is 0 Å². The minimum Gasteiger partial charge on any atom is -0.348 e. The van der Waals surface area contributed by atoms with Gasteiger partial charge in [-0.15, -0.1) is 11.3 Å². The number of hydrogen-bond acceptors (Lipinski definition) is 4. The molecule has 4 heteroatoms. The fourth-order valence-corrected chi connectivity index (χ4v) is 4.03. The van der Waals surface area contributed by atoms with Gasteiger partial charge in [0, 0.05) is 24.0 Å². The highest BCUT2D eigenvalue weighted by Crippen LogP contribution is 2.33. The van der Waals surface area contributed by atoms with Crippen LogP contribution in [0.25, 0.3) is 0 Å². The summed E-state index contributed by atoms with van der Waals surface area (Å²) in [5, 5.41) is 4.52. The molecule has 0 amide bonds. The van der Waals surface area contributed by atoms with Crippen LogP contribution in [0.3, 0.4) is 0 Å². The predicted molar refractivity (Wildman–Crippen MR) is 79.5 cm³/mol. The molecule has 1 fully saturated rings. The Kier molecular flexibility index (Phi) is 4.28. The van der Waals surface area contributed by atoms with Crippen molar-refractivity contribution >= 4 is 16.5 Å². The molecule has 1 aromatic heterocycles. The van der Waals surface area contributed by atoms with Gasteiger partial charge in [0.15, 0.2) is 5.13 Å². The van der Waals surface area contributed by atoms with E-state index in [2.05, 4.69) is 37.9 Å². The maximum absolute atomic E-state index is 4.78. The Balaban J connectivity index is 2.18. The second-order valence-electron chi connectivity index (χ2n) is 5.81. The zero-order valence-corrected chi connectivity index (χ0v) is 13.0. The molecule has 2 rings (SSSR count). The quantitative estimate of drug-likeness (QED) is 0.911. The van der Waals surface area contributed by atoms with Crippen LogP contribution in [0.15, 0.2) is 0 Å². The van der Waals surface area contributed by atoms with Crippen LogP contribution in [-0.2, 0) is 0 Å². The molecule has 1 N–H and O–H groups in total. The fraction of sp³-hybridized carbons (Fsp3) is 0.786. The molecular weight excluding hydrogens is 242 g/mol. The van der Waals surface area contributed by atoms with Crippen LogP contribution in [0, 0.1) is 18.8 Å². The second-order valence-corrected chi connectivity index (χ2v) is 6.82. The van der Waals surface area contributed by atoms with Gasteiger partial charge in [-0.05, 0) is 39.2 Å². The zero-order valence-electron chi connectivity index (χ0n) is 12.2. The first-order valence-electron chi connectivity index (χ1n) is 6.90. The summed E-state index contributed by atoms with van der Waals surface area (Å²) in [4.78, 5) is 8.62. The number of thiazole rings is 1. The summed E-state index contributed by atoms with van der Waals surface area (Å²) >= 11 is 1.86. The van der Waals surface area contributed by atoms with Crippen molar-refractivity contribution in [3.05, 3.63) is 10.6 Å². The lowest BCUT2D eigenvalue weighted by molar-refractivity contribution is 0.356. The van der Waals surface area contributed by atoms with Crippen molar-refractivity contribution in [1.82, 2.24) is 10.3 Å². The van der Waals surface area contributed by atoms with Gasteiger partial charge >= 0.3 is 0 Å². The molecule has 1 saturated heterocycles. The molecule has 0 aromatic carbocycles. The summed E-state index contributed by atoms with van der Waals surface area (Å²) in [6.45, 7) is 11.3. The number of nitrogens with zero attached hydrogens (tertiary/aromatic N) is 2. The number of rotatable bonds is 3. The number of nitrogens with one attached hydrogen (secondary N) is 1. The maximum Gasteiger partial charge on any atom is 0.185 e. The average molecular weight is 267 g/mol. The van der Waals surface area contributed by atoms with Crippen molar-refractivity contribution in [3.63, 3.8) is 0 Å². The maximum atomic E-state index is 4.78. The van der Waals surface area contributed by atoms with E-state index in [1.807, 2.05) is 18.4 Å². The molecule has 1 aliphatic heterocycles. The molecule has 1 aromatic rings. The van der Waals surface area contributed by atoms with E-state index in [-0.39, 0.29) is 0 Å². The number of piperidine rings is 1. The van der Waals surface area contributed by atoms with E-state index in [1.165, 1.54) is 22.1 Å². The van der Waals surface area contributed by atoms with Gasteiger partial charge in [0.2, 0.25) is 0 Å². The Labute approximate surface area is 115 Å². The molecule has 1 aliphatic rings. The summed E-state index contributed by atoms with van der Waals surface area (Å²) in [7, 11) is 2.01. The third-order valence-electron chi connectivity index (χ3n) is 3.79. The number of anilines is 1. The van der Waals surface area contributed by atoms with Crippen LogP contribution in [0.2, 0.25) is 0 Å². The summed E-state index contributed by atoms with van der Waals surface area (Å²) in [5.74, 6) is 1.56. The van der Waals surface area contributed by atoms with Gasteiger partial charge in [-0.3, -0.25) is 0 Å². The van der Waals surface area contributed by atoms with Crippen molar-refractivity contribution in [2.75, 3.05) is 25.0 Å². The summed E-state index contributed by atoms with van der Waals surface area (Å²) in [6, 6.07) is 0.399. The monoisotopic (exact) mass is 267 g/mol. The van der Waals surface area contributed by atoms with Crippen LogP contribution in [0.5, 0.6) is 0 Å². The van der Waals surface area contributed by atoms with E-state index in [0.29, 0.717) is 6.04 Å².